The van der Waals surface area contributed by atoms with E-state index in [2.05, 4.69) is 47.5 Å². The lowest BCUT2D eigenvalue weighted by Crippen LogP contribution is -2.20. The van der Waals surface area contributed by atoms with Crippen LogP contribution >= 0.6 is 78.4 Å². The normalized spacial score (nSPS) is 15.3. The summed E-state index contributed by atoms with van der Waals surface area (Å²) >= 11 is 25.9. The number of hydrogen-bond acceptors (Lipinski definition) is 5. The summed E-state index contributed by atoms with van der Waals surface area (Å²) in [6.45, 7) is -0.235. The summed E-state index contributed by atoms with van der Waals surface area (Å²) in [6, 6.07) is 15.3. The molecule has 0 unspecified atom stereocenters. The largest absolute Gasteiger partial charge is 0.481 e. The zero-order valence-electron chi connectivity index (χ0n) is 18.0. The summed E-state index contributed by atoms with van der Waals surface area (Å²) in [5.74, 6) is -0.181. The molecule has 1 aliphatic rings. The molecule has 36 heavy (non-hydrogen) atoms. The molecule has 0 spiro atoms. The van der Waals surface area contributed by atoms with Crippen LogP contribution in [-0.4, -0.2) is 23.6 Å². The van der Waals surface area contributed by atoms with Crippen LogP contribution < -0.4 is 15.4 Å². The van der Waals surface area contributed by atoms with E-state index < -0.39 is 0 Å². The quantitative estimate of drug-likeness (QED) is 0.257. The molecule has 2 N–H and O–H groups in total. The molecule has 1 aliphatic heterocycles. The molecular weight excluding hydrogens is 677 g/mol. The number of ether oxygens (including phenoxy) is 1. The number of benzene rings is 3. The van der Waals surface area contributed by atoms with E-state index in [1.165, 1.54) is 11.8 Å². The molecule has 3 aromatic rings. The fraction of sp³-hybridized carbons (Fsp3) is 0.0417. The molecule has 0 radical (unpaired) electrons. The van der Waals surface area contributed by atoms with Crippen molar-refractivity contribution in [3.63, 3.8) is 0 Å². The van der Waals surface area contributed by atoms with Gasteiger partial charge in [0.05, 0.1) is 29.6 Å². The van der Waals surface area contributed by atoms with Gasteiger partial charge in [0, 0.05) is 10.7 Å². The van der Waals surface area contributed by atoms with Gasteiger partial charge in [-0.25, -0.2) is 4.99 Å². The van der Waals surface area contributed by atoms with Crippen LogP contribution in [0.15, 0.2) is 73.4 Å². The number of nitrogens with zero attached hydrogens (tertiary/aromatic N) is 1. The minimum absolute atomic E-state index is 0.235. The highest BCUT2D eigenvalue weighted by molar-refractivity contribution is 9.11. The van der Waals surface area contributed by atoms with Gasteiger partial charge in [-0.1, -0.05) is 34.8 Å². The molecule has 3 aromatic carbocycles. The molecule has 0 aromatic heterocycles. The highest BCUT2D eigenvalue weighted by Gasteiger charge is 2.24. The van der Waals surface area contributed by atoms with Crippen molar-refractivity contribution >= 4 is 113 Å². The molecule has 6 nitrogen and oxygen atoms in total. The number of carbonyl (C=O) groups excluding carboxylic acids is 2. The second kappa shape index (κ2) is 12.0. The molecule has 2 amide bonds. The zero-order valence-corrected chi connectivity index (χ0v) is 24.2. The summed E-state index contributed by atoms with van der Waals surface area (Å²) in [6.07, 6.45) is 1.74. The number of hydrogen-bond donors (Lipinski definition) is 2. The van der Waals surface area contributed by atoms with Gasteiger partial charge in [0.1, 0.15) is 5.75 Å². The predicted molar refractivity (Wildman–Crippen MR) is 155 cm³/mol. The van der Waals surface area contributed by atoms with Gasteiger partial charge in [0.15, 0.2) is 11.8 Å². The topological polar surface area (TPSA) is 79.8 Å². The average Bonchev–Trinajstić information content (AvgIpc) is 3.15. The molecule has 1 heterocycles. The first kappa shape index (κ1) is 27.0. The van der Waals surface area contributed by atoms with Gasteiger partial charge in [-0.2, -0.15) is 0 Å². The highest BCUT2D eigenvalue weighted by Crippen LogP contribution is 2.37. The summed E-state index contributed by atoms with van der Waals surface area (Å²) in [4.78, 5) is 29.6. The SMILES string of the molecule is O=C(COc1c(Br)cc(/C=C2/SC(=Nc3ccc(Cl)cc3)NC2=O)cc1Br)Nc1ccc(Cl)c(Cl)c1. The van der Waals surface area contributed by atoms with E-state index in [-0.39, 0.29) is 18.4 Å². The van der Waals surface area contributed by atoms with E-state index in [0.717, 1.165) is 5.56 Å². The molecule has 4 rings (SSSR count). The zero-order chi connectivity index (χ0) is 25.8. The maximum absolute atomic E-state index is 12.4. The Kier molecular flexibility index (Phi) is 9.03. The predicted octanol–water partition coefficient (Wildman–Crippen LogP) is 8.08. The molecule has 1 fully saturated rings. The van der Waals surface area contributed by atoms with Crippen molar-refractivity contribution in [2.24, 2.45) is 4.99 Å². The molecule has 0 saturated carbocycles. The van der Waals surface area contributed by atoms with E-state index >= 15 is 0 Å². The Bertz CT molecular complexity index is 1390. The van der Waals surface area contributed by atoms with Gasteiger partial charge in [0.25, 0.3) is 11.8 Å². The molecule has 1 saturated heterocycles. The molecule has 12 heteroatoms. The fourth-order valence-corrected chi connectivity index (χ4v) is 5.69. The first-order valence-corrected chi connectivity index (χ1v) is 13.6. The van der Waals surface area contributed by atoms with Crippen LogP contribution in [0.5, 0.6) is 5.75 Å². The first-order chi connectivity index (χ1) is 17.2. The maximum Gasteiger partial charge on any atom is 0.264 e. The standard InChI is InChI=1S/C24H14Br2Cl3N3O3S/c25-16-7-12(9-20-23(34)32-24(36-20)31-14-3-1-13(27)2-4-14)8-17(26)22(16)35-11-21(33)30-15-5-6-18(28)19(29)10-15/h1-10H,11H2,(H,30,33)(H,31,32,34)/b20-9+. The van der Waals surface area contributed by atoms with Crippen LogP contribution in [0.4, 0.5) is 11.4 Å². The van der Waals surface area contributed by atoms with E-state index in [0.29, 0.717) is 51.2 Å². The molecule has 0 aliphatic carbocycles. The minimum atomic E-state index is -0.370. The first-order valence-electron chi connectivity index (χ1n) is 10.1. The highest BCUT2D eigenvalue weighted by atomic mass is 79.9. The number of halogens is 5. The van der Waals surface area contributed by atoms with Crippen molar-refractivity contribution in [2.75, 3.05) is 11.9 Å². The lowest BCUT2D eigenvalue weighted by Gasteiger charge is -2.12. The smallest absolute Gasteiger partial charge is 0.264 e. The van der Waals surface area contributed by atoms with Crippen molar-refractivity contribution in [3.8, 4) is 5.75 Å². The van der Waals surface area contributed by atoms with E-state index in [9.17, 15) is 9.59 Å². The van der Waals surface area contributed by atoms with Crippen molar-refractivity contribution < 1.29 is 14.3 Å². The Balaban J connectivity index is 1.42. The van der Waals surface area contributed by atoms with Crippen LogP contribution in [0.2, 0.25) is 15.1 Å². The minimum Gasteiger partial charge on any atom is -0.481 e. The molecule has 184 valence electrons. The third kappa shape index (κ3) is 7.06. The monoisotopic (exact) mass is 687 g/mol. The maximum atomic E-state index is 12.4. The number of rotatable bonds is 6. The van der Waals surface area contributed by atoms with Gasteiger partial charge >= 0.3 is 0 Å². The van der Waals surface area contributed by atoms with Crippen LogP contribution in [0.1, 0.15) is 5.56 Å². The van der Waals surface area contributed by atoms with Crippen molar-refractivity contribution in [1.82, 2.24) is 5.32 Å². The van der Waals surface area contributed by atoms with Gasteiger partial charge in [-0.15, -0.1) is 0 Å². The number of amidine groups is 1. The van der Waals surface area contributed by atoms with Crippen molar-refractivity contribution in [3.05, 3.63) is 89.1 Å². The second-order valence-corrected chi connectivity index (χ2v) is 11.2. The Morgan fingerprint density at radius 1 is 1.03 bits per heavy atom. The molecule has 0 bridgehead atoms. The summed E-state index contributed by atoms with van der Waals surface area (Å²) in [7, 11) is 0. The Morgan fingerprint density at radius 2 is 1.72 bits per heavy atom. The molecule has 0 atom stereocenters. The third-order valence-electron chi connectivity index (χ3n) is 4.58. The van der Waals surface area contributed by atoms with Gasteiger partial charge in [-0.3, -0.25) is 9.59 Å². The van der Waals surface area contributed by atoms with Crippen LogP contribution in [0.25, 0.3) is 6.08 Å². The van der Waals surface area contributed by atoms with E-state index in [4.69, 9.17) is 39.5 Å². The Labute approximate surface area is 242 Å². The third-order valence-corrected chi connectivity index (χ3v) is 7.66. The number of anilines is 1. The van der Waals surface area contributed by atoms with Crippen molar-refractivity contribution in [2.45, 2.75) is 0 Å². The summed E-state index contributed by atoms with van der Waals surface area (Å²) in [5, 5.41) is 7.26. The van der Waals surface area contributed by atoms with Gasteiger partial charge < -0.3 is 15.4 Å². The van der Waals surface area contributed by atoms with Gasteiger partial charge in [0.2, 0.25) is 0 Å². The Morgan fingerprint density at radius 3 is 2.39 bits per heavy atom. The second-order valence-electron chi connectivity index (χ2n) is 7.24. The van der Waals surface area contributed by atoms with E-state index in [1.807, 2.05) is 0 Å². The van der Waals surface area contributed by atoms with Crippen LogP contribution in [0, 0.1) is 0 Å². The number of thioether (sulfide) groups is 1. The van der Waals surface area contributed by atoms with E-state index in [1.54, 1.807) is 60.7 Å². The van der Waals surface area contributed by atoms with Crippen LogP contribution in [0.3, 0.4) is 0 Å². The number of amides is 2. The molecular formula is C24H14Br2Cl3N3O3S. The van der Waals surface area contributed by atoms with Crippen LogP contribution in [-0.2, 0) is 9.59 Å². The summed E-state index contributed by atoms with van der Waals surface area (Å²) < 4.78 is 6.90. The number of nitrogens with one attached hydrogen (secondary N) is 2. The number of carbonyl (C=O) groups is 2. The summed E-state index contributed by atoms with van der Waals surface area (Å²) in [5.41, 5.74) is 1.93. The average molecular weight is 691 g/mol. The lowest BCUT2D eigenvalue weighted by atomic mass is 10.2. The fourth-order valence-electron chi connectivity index (χ4n) is 2.97. The van der Waals surface area contributed by atoms with Gasteiger partial charge in [-0.05, 0) is 110 Å². The van der Waals surface area contributed by atoms with Crippen molar-refractivity contribution in [1.29, 1.82) is 0 Å². The lowest BCUT2D eigenvalue weighted by molar-refractivity contribution is -0.118. The Hall–Kier alpha value is -2.01. The number of aliphatic imine (C=N–C) groups is 1.